The number of rotatable bonds is 8. The van der Waals surface area contributed by atoms with Crippen molar-refractivity contribution in [2.24, 2.45) is 4.99 Å². The summed E-state index contributed by atoms with van der Waals surface area (Å²) >= 11 is 1.80. The van der Waals surface area contributed by atoms with E-state index in [2.05, 4.69) is 83.8 Å². The van der Waals surface area contributed by atoms with Crippen LogP contribution < -0.4 is 4.74 Å². The summed E-state index contributed by atoms with van der Waals surface area (Å²) in [5.41, 5.74) is 2.44. The molecule has 1 N–H and O–H groups in total. The minimum absolute atomic E-state index is 0.240. The van der Waals surface area contributed by atoms with Gasteiger partial charge in [-0.3, -0.25) is 4.99 Å². The van der Waals surface area contributed by atoms with Crippen LogP contribution in [0.1, 0.15) is 29.9 Å². The molecule has 6 rings (SSSR count). The first-order chi connectivity index (χ1) is 18.7. The molecule has 0 saturated carbocycles. The normalized spacial score (nSPS) is 22.6. The molecule has 3 atom stereocenters. The van der Waals surface area contributed by atoms with Crippen molar-refractivity contribution in [2.45, 2.75) is 36.2 Å². The van der Waals surface area contributed by atoms with Crippen LogP contribution in [0.3, 0.4) is 0 Å². The molecule has 3 aromatic rings. The number of thioether (sulfide) groups is 1. The Morgan fingerprint density at radius 1 is 0.947 bits per heavy atom. The summed E-state index contributed by atoms with van der Waals surface area (Å²) < 4.78 is 6.08. The van der Waals surface area contributed by atoms with Crippen LogP contribution in [0, 0.1) is 0 Å². The smallest absolute Gasteiger partial charge is 0.126 e. The number of nitrogens with zero attached hydrogens (tertiary/aromatic N) is 2. The van der Waals surface area contributed by atoms with Crippen LogP contribution in [0.15, 0.2) is 102 Å². The van der Waals surface area contributed by atoms with Crippen LogP contribution in [0.25, 0.3) is 16.8 Å². The Morgan fingerprint density at radius 2 is 1.74 bits per heavy atom. The van der Waals surface area contributed by atoms with Gasteiger partial charge in [0.15, 0.2) is 0 Å². The molecule has 1 aliphatic carbocycles. The Morgan fingerprint density at radius 3 is 2.61 bits per heavy atom. The van der Waals surface area contributed by atoms with Crippen LogP contribution in [0.4, 0.5) is 0 Å². The highest BCUT2D eigenvalue weighted by molar-refractivity contribution is 8.15. The maximum Gasteiger partial charge on any atom is 0.126 e. The van der Waals surface area contributed by atoms with E-state index in [0.29, 0.717) is 17.7 Å². The second-order valence-electron chi connectivity index (χ2n) is 10.3. The molecule has 0 aromatic heterocycles. The summed E-state index contributed by atoms with van der Waals surface area (Å²) in [6.07, 6.45) is 14.4. The predicted molar refractivity (Wildman–Crippen MR) is 160 cm³/mol. The second kappa shape index (κ2) is 11.7. The largest absolute Gasteiger partial charge is 0.490 e. The van der Waals surface area contributed by atoms with Gasteiger partial charge in [0.05, 0.1) is 16.3 Å². The number of allylic oxidation sites excluding steroid dienone is 2. The van der Waals surface area contributed by atoms with E-state index in [4.69, 9.17) is 9.73 Å². The third kappa shape index (κ3) is 5.96. The summed E-state index contributed by atoms with van der Waals surface area (Å²) in [5.74, 6) is 1.38. The van der Waals surface area contributed by atoms with Crippen molar-refractivity contribution in [1.82, 2.24) is 4.90 Å². The zero-order valence-corrected chi connectivity index (χ0v) is 22.3. The number of piperidine rings is 1. The summed E-state index contributed by atoms with van der Waals surface area (Å²) in [6, 6.07) is 23.7. The fourth-order valence-electron chi connectivity index (χ4n) is 5.56. The molecule has 5 heteroatoms. The molecule has 4 nitrogen and oxygen atoms in total. The number of aliphatic hydroxyl groups excluding tert-OH is 1. The molecule has 0 spiro atoms. The van der Waals surface area contributed by atoms with Crippen molar-refractivity contribution in [3.05, 3.63) is 108 Å². The lowest BCUT2D eigenvalue weighted by molar-refractivity contribution is 0.0594. The number of β-amino-alcohol motifs (C(OH)–C–C–N with tert-alkyl or cyclic N) is 1. The first kappa shape index (κ1) is 25.2. The first-order valence-corrected chi connectivity index (χ1v) is 14.5. The van der Waals surface area contributed by atoms with E-state index in [9.17, 15) is 5.11 Å². The van der Waals surface area contributed by atoms with Gasteiger partial charge in [-0.1, -0.05) is 96.7 Å². The van der Waals surface area contributed by atoms with Gasteiger partial charge in [-0.05, 0) is 66.4 Å². The number of hydrogen-bond acceptors (Lipinski definition) is 5. The van der Waals surface area contributed by atoms with Gasteiger partial charge >= 0.3 is 0 Å². The Kier molecular flexibility index (Phi) is 7.77. The maximum atomic E-state index is 10.8. The van der Waals surface area contributed by atoms with Crippen LogP contribution in [0.5, 0.6) is 5.75 Å². The quantitative estimate of drug-likeness (QED) is 0.368. The highest BCUT2D eigenvalue weighted by Crippen LogP contribution is 2.33. The highest BCUT2D eigenvalue weighted by Gasteiger charge is 2.26. The molecule has 0 amide bonds. The fraction of sp³-hybridized carbons (Fsp3) is 0.303. The number of likely N-dealkylation sites (tertiary alicyclic amines) is 1. The van der Waals surface area contributed by atoms with E-state index in [1.165, 1.54) is 16.3 Å². The number of aliphatic hydroxyl groups is 1. The number of fused-ring (bicyclic) bond motifs is 2. The van der Waals surface area contributed by atoms with E-state index in [-0.39, 0.29) is 12.6 Å². The molecular weight excluding hydrogens is 488 g/mol. The Bertz CT molecular complexity index is 1390. The number of benzene rings is 3. The molecule has 1 fully saturated rings. The minimum atomic E-state index is -0.527. The van der Waals surface area contributed by atoms with Crippen LogP contribution in [-0.2, 0) is 0 Å². The van der Waals surface area contributed by atoms with Crippen molar-refractivity contribution in [3.8, 4) is 5.75 Å². The van der Waals surface area contributed by atoms with Gasteiger partial charge < -0.3 is 14.7 Å². The van der Waals surface area contributed by atoms with E-state index in [0.717, 1.165) is 42.3 Å². The van der Waals surface area contributed by atoms with Crippen LogP contribution in [-0.4, -0.2) is 58.7 Å². The first-order valence-electron chi connectivity index (χ1n) is 13.6. The Hall–Kier alpha value is -3.12. The van der Waals surface area contributed by atoms with Gasteiger partial charge in [0.2, 0.25) is 0 Å². The lowest BCUT2D eigenvalue weighted by Crippen LogP contribution is -2.40. The number of aliphatic imine (C=N–C) groups is 1. The van der Waals surface area contributed by atoms with Crippen LogP contribution >= 0.6 is 11.8 Å². The van der Waals surface area contributed by atoms with Gasteiger partial charge in [-0.15, -0.1) is 0 Å². The van der Waals surface area contributed by atoms with E-state index >= 15 is 0 Å². The zero-order chi connectivity index (χ0) is 25.7. The third-order valence-corrected chi connectivity index (χ3v) is 8.84. The van der Waals surface area contributed by atoms with Gasteiger partial charge in [0, 0.05) is 12.1 Å². The summed E-state index contributed by atoms with van der Waals surface area (Å²) in [7, 11) is 0. The highest BCUT2D eigenvalue weighted by atomic mass is 32.2. The lowest BCUT2D eigenvalue weighted by atomic mass is 9.88. The summed E-state index contributed by atoms with van der Waals surface area (Å²) in [4.78, 5) is 7.17. The monoisotopic (exact) mass is 522 g/mol. The van der Waals surface area contributed by atoms with Gasteiger partial charge in [0.1, 0.15) is 18.5 Å². The van der Waals surface area contributed by atoms with Gasteiger partial charge in [0.25, 0.3) is 0 Å². The van der Waals surface area contributed by atoms with Gasteiger partial charge in [-0.25, -0.2) is 0 Å². The standard InChI is InChI=1S/C33H34N2O2S/c36-29(22-35-19-17-25(18-20-35)28-14-13-24-7-1-2-9-27(24)21-28)23-37-31-11-5-3-8-26(31)15-16-33-34-30-10-4-6-12-32(30)38-33/h1-16,21,25,29-30,32,36H,17-20,22-23H2/b16-15+/t29-,30?,32?/m0/s1. The SMILES string of the molecule is O[C@H](COc1ccccc1/C=C/C1=NC2C=CC=CC2S1)CN1CCC(c2ccc3ccccc3c2)CC1. The topological polar surface area (TPSA) is 45.1 Å². The Labute approximate surface area is 229 Å². The molecule has 0 bridgehead atoms. The average molecular weight is 523 g/mol. The lowest BCUT2D eigenvalue weighted by Gasteiger charge is -2.33. The molecule has 194 valence electrons. The molecule has 2 unspecified atom stereocenters. The molecule has 3 aliphatic rings. The van der Waals surface area contributed by atoms with Crippen molar-refractivity contribution < 1.29 is 9.84 Å². The molecule has 38 heavy (non-hydrogen) atoms. The number of hydrogen-bond donors (Lipinski definition) is 1. The summed E-state index contributed by atoms with van der Waals surface area (Å²) in [5, 5.41) is 14.8. The van der Waals surface area contributed by atoms with Gasteiger partial charge in [-0.2, -0.15) is 0 Å². The Balaban J connectivity index is 0.991. The van der Waals surface area contributed by atoms with Crippen LogP contribution in [0.2, 0.25) is 0 Å². The third-order valence-electron chi connectivity index (χ3n) is 7.65. The number of ether oxygens (including phenoxy) is 1. The molecule has 2 aliphatic heterocycles. The average Bonchev–Trinajstić information content (AvgIpc) is 3.39. The van der Waals surface area contributed by atoms with Crippen molar-refractivity contribution >= 4 is 33.7 Å². The zero-order valence-electron chi connectivity index (χ0n) is 21.5. The molecular formula is C33H34N2O2S. The van der Waals surface area contributed by atoms with E-state index in [1.807, 2.05) is 24.3 Å². The second-order valence-corrected chi connectivity index (χ2v) is 11.5. The summed E-state index contributed by atoms with van der Waals surface area (Å²) in [6.45, 7) is 2.92. The maximum absolute atomic E-state index is 10.8. The molecule has 3 aromatic carbocycles. The number of para-hydroxylation sites is 1. The van der Waals surface area contributed by atoms with E-state index in [1.54, 1.807) is 11.8 Å². The molecule has 1 saturated heterocycles. The fourth-order valence-corrected chi connectivity index (χ4v) is 6.63. The molecule has 0 radical (unpaired) electrons. The molecule has 2 heterocycles. The van der Waals surface area contributed by atoms with E-state index < -0.39 is 6.10 Å². The van der Waals surface area contributed by atoms with Crippen molar-refractivity contribution in [2.75, 3.05) is 26.2 Å². The van der Waals surface area contributed by atoms with Crippen molar-refractivity contribution in [3.63, 3.8) is 0 Å². The predicted octanol–water partition coefficient (Wildman–Crippen LogP) is 6.48. The van der Waals surface area contributed by atoms with Crippen molar-refractivity contribution in [1.29, 1.82) is 0 Å². The minimum Gasteiger partial charge on any atom is -0.490 e.